The van der Waals surface area contributed by atoms with Gasteiger partial charge in [-0.15, -0.1) is 0 Å². The molecule has 0 spiro atoms. The molecule has 6 heteroatoms. The third-order valence-corrected chi connectivity index (χ3v) is 3.14. The molecular weight excluding hydrogens is 300 g/mol. The number of aromatic carboxylic acids is 2. The summed E-state index contributed by atoms with van der Waals surface area (Å²) in [7, 11) is 0. The smallest absolute Gasteiger partial charge is 0.335 e. The molecule has 4 N–H and O–H groups in total. The Morgan fingerprint density at radius 3 is 1.78 bits per heavy atom. The minimum atomic E-state index is -0.970. The highest BCUT2D eigenvalue weighted by atomic mass is 16.4. The van der Waals surface area contributed by atoms with Crippen LogP contribution < -0.4 is 0 Å². The second-order valence-electron chi connectivity index (χ2n) is 4.80. The Balaban J connectivity index is 0.000000231. The summed E-state index contributed by atoms with van der Waals surface area (Å²) in [6, 6.07) is 8.43. The van der Waals surface area contributed by atoms with E-state index in [1.165, 1.54) is 36.4 Å². The molecule has 0 fully saturated rings. The number of hydrogen-bond donors (Lipinski definition) is 4. The Bertz CT molecular complexity index is 721. The Morgan fingerprint density at radius 2 is 1.35 bits per heavy atom. The van der Waals surface area contributed by atoms with E-state index in [1.54, 1.807) is 6.92 Å². The van der Waals surface area contributed by atoms with Gasteiger partial charge in [-0.3, -0.25) is 0 Å². The van der Waals surface area contributed by atoms with Gasteiger partial charge in [0.25, 0.3) is 0 Å². The lowest BCUT2D eigenvalue weighted by Gasteiger charge is -2.02. The van der Waals surface area contributed by atoms with Crippen molar-refractivity contribution in [3.8, 4) is 11.5 Å². The molecule has 0 bridgehead atoms. The highest BCUT2D eigenvalue weighted by molar-refractivity contribution is 5.90. The topological polar surface area (TPSA) is 115 Å². The third-order valence-electron chi connectivity index (χ3n) is 3.14. The monoisotopic (exact) mass is 318 g/mol. The number of benzene rings is 2. The van der Waals surface area contributed by atoms with Crippen LogP contribution in [0.2, 0.25) is 0 Å². The van der Waals surface area contributed by atoms with E-state index < -0.39 is 11.9 Å². The fourth-order valence-electron chi connectivity index (χ4n) is 1.97. The molecule has 2 aromatic rings. The van der Waals surface area contributed by atoms with Crippen LogP contribution in [0.1, 0.15) is 38.8 Å². The van der Waals surface area contributed by atoms with Crippen LogP contribution in [0.3, 0.4) is 0 Å². The molecule has 0 unspecified atom stereocenters. The number of phenols is 2. The molecule has 0 heterocycles. The summed E-state index contributed by atoms with van der Waals surface area (Å²) in [5.74, 6) is -1.72. The number of carbonyl (C=O) groups is 2. The van der Waals surface area contributed by atoms with Crippen molar-refractivity contribution in [2.24, 2.45) is 0 Å². The molecular formula is C17H18O6. The minimum Gasteiger partial charge on any atom is -0.508 e. The molecule has 2 aromatic carbocycles. The maximum absolute atomic E-state index is 10.6. The molecule has 0 aliphatic carbocycles. The first-order valence-corrected chi connectivity index (χ1v) is 6.84. The van der Waals surface area contributed by atoms with E-state index in [0.717, 1.165) is 0 Å². The fourth-order valence-corrected chi connectivity index (χ4v) is 1.97. The van der Waals surface area contributed by atoms with Crippen LogP contribution in [-0.2, 0) is 6.42 Å². The van der Waals surface area contributed by atoms with Crippen molar-refractivity contribution >= 4 is 11.9 Å². The average molecular weight is 318 g/mol. The van der Waals surface area contributed by atoms with E-state index in [-0.39, 0.29) is 22.6 Å². The summed E-state index contributed by atoms with van der Waals surface area (Å²) < 4.78 is 0. The van der Waals surface area contributed by atoms with Gasteiger partial charge in [0.2, 0.25) is 0 Å². The van der Waals surface area contributed by atoms with Gasteiger partial charge in [0.1, 0.15) is 11.5 Å². The van der Waals surface area contributed by atoms with Crippen LogP contribution in [0, 0.1) is 6.92 Å². The van der Waals surface area contributed by atoms with Crippen molar-refractivity contribution in [1.29, 1.82) is 0 Å². The van der Waals surface area contributed by atoms with Crippen molar-refractivity contribution in [3.63, 3.8) is 0 Å². The minimum absolute atomic E-state index is 0.0903. The van der Waals surface area contributed by atoms with Crippen LogP contribution in [0.25, 0.3) is 0 Å². The zero-order valence-electron chi connectivity index (χ0n) is 12.8. The van der Waals surface area contributed by atoms with Gasteiger partial charge in [-0.25, -0.2) is 9.59 Å². The molecule has 122 valence electrons. The van der Waals surface area contributed by atoms with E-state index >= 15 is 0 Å². The second kappa shape index (κ2) is 7.84. The van der Waals surface area contributed by atoms with Crippen LogP contribution >= 0.6 is 0 Å². The lowest BCUT2D eigenvalue weighted by atomic mass is 10.1. The first-order chi connectivity index (χ1) is 10.8. The average Bonchev–Trinajstić information content (AvgIpc) is 2.46. The molecule has 6 nitrogen and oxygen atoms in total. The van der Waals surface area contributed by atoms with E-state index in [1.807, 2.05) is 6.92 Å². The van der Waals surface area contributed by atoms with Gasteiger partial charge < -0.3 is 20.4 Å². The molecule has 0 saturated carbocycles. The molecule has 2 rings (SSSR count). The van der Waals surface area contributed by atoms with Crippen molar-refractivity contribution in [3.05, 3.63) is 58.7 Å². The largest absolute Gasteiger partial charge is 0.508 e. The normalized spacial score (nSPS) is 9.65. The van der Waals surface area contributed by atoms with Crippen LogP contribution in [-0.4, -0.2) is 32.4 Å². The molecule has 0 aliphatic heterocycles. The number of phenolic OH excluding ortho intramolecular Hbond substituents is 2. The number of hydrogen-bond acceptors (Lipinski definition) is 4. The Morgan fingerprint density at radius 1 is 0.870 bits per heavy atom. The fraction of sp³-hybridized carbons (Fsp3) is 0.176. The summed E-state index contributed by atoms with van der Waals surface area (Å²) in [5.41, 5.74) is 1.71. The Kier molecular flexibility index (Phi) is 6.14. The third kappa shape index (κ3) is 5.03. The molecule has 0 aliphatic rings. The van der Waals surface area contributed by atoms with Crippen molar-refractivity contribution in [1.82, 2.24) is 0 Å². The summed E-state index contributed by atoms with van der Waals surface area (Å²) in [6.07, 6.45) is 0.607. The van der Waals surface area contributed by atoms with Crippen LogP contribution in [0.15, 0.2) is 36.4 Å². The summed E-state index contributed by atoms with van der Waals surface area (Å²) in [6.45, 7) is 3.49. The van der Waals surface area contributed by atoms with E-state index in [2.05, 4.69) is 0 Å². The lowest BCUT2D eigenvalue weighted by molar-refractivity contribution is 0.0685. The maximum Gasteiger partial charge on any atom is 0.335 e. The molecule has 0 radical (unpaired) electrons. The predicted octanol–water partition coefficient (Wildman–Crippen LogP) is 3.05. The number of carboxylic acids is 2. The molecule has 0 saturated heterocycles. The first-order valence-electron chi connectivity index (χ1n) is 6.84. The van der Waals surface area contributed by atoms with Gasteiger partial charge in [0.05, 0.1) is 11.1 Å². The second-order valence-corrected chi connectivity index (χ2v) is 4.80. The summed E-state index contributed by atoms with van der Waals surface area (Å²) in [5, 5.41) is 35.3. The van der Waals surface area contributed by atoms with Gasteiger partial charge in [-0.1, -0.05) is 6.92 Å². The van der Waals surface area contributed by atoms with Gasteiger partial charge in [0.15, 0.2) is 0 Å². The van der Waals surface area contributed by atoms with Crippen LogP contribution in [0.4, 0.5) is 0 Å². The number of aryl methyl sites for hydroxylation is 2. The first kappa shape index (κ1) is 18.0. The van der Waals surface area contributed by atoms with E-state index in [0.29, 0.717) is 17.5 Å². The predicted molar refractivity (Wildman–Crippen MR) is 84.2 cm³/mol. The number of rotatable bonds is 3. The Labute approximate surface area is 133 Å². The highest BCUT2D eigenvalue weighted by Crippen LogP contribution is 2.17. The number of carboxylic acid groups (broad SMARTS) is 2. The van der Waals surface area contributed by atoms with Crippen molar-refractivity contribution in [2.45, 2.75) is 20.3 Å². The molecule has 0 atom stereocenters. The summed E-state index contributed by atoms with van der Waals surface area (Å²) >= 11 is 0. The van der Waals surface area contributed by atoms with Gasteiger partial charge >= 0.3 is 11.9 Å². The van der Waals surface area contributed by atoms with Gasteiger partial charge in [0, 0.05) is 0 Å². The number of aromatic hydroxyl groups is 2. The summed E-state index contributed by atoms with van der Waals surface area (Å²) in [4.78, 5) is 21.1. The zero-order valence-corrected chi connectivity index (χ0v) is 12.8. The van der Waals surface area contributed by atoms with Gasteiger partial charge in [-0.05, 0) is 60.9 Å². The standard InChI is InChI=1S/C9H10O3.C8H8O3/c1-2-6-5-7(10)3-4-8(6)9(11)12;1-5-4-6(9)2-3-7(5)8(10)11/h3-5,10H,2H2,1H3,(H,11,12);2-4,9H,1H3,(H,10,11). The van der Waals surface area contributed by atoms with Gasteiger partial charge in [-0.2, -0.15) is 0 Å². The lowest BCUT2D eigenvalue weighted by Crippen LogP contribution is -2.00. The Hall–Kier alpha value is -3.02. The highest BCUT2D eigenvalue weighted by Gasteiger charge is 2.08. The van der Waals surface area contributed by atoms with E-state index in [4.69, 9.17) is 20.4 Å². The zero-order chi connectivity index (χ0) is 17.6. The molecule has 23 heavy (non-hydrogen) atoms. The van der Waals surface area contributed by atoms with E-state index in [9.17, 15) is 9.59 Å². The molecule has 0 amide bonds. The SMILES string of the molecule is CCc1cc(O)ccc1C(=O)O.Cc1cc(O)ccc1C(=O)O. The van der Waals surface area contributed by atoms with Crippen molar-refractivity contribution < 1.29 is 30.0 Å². The van der Waals surface area contributed by atoms with Crippen molar-refractivity contribution in [2.75, 3.05) is 0 Å². The maximum atomic E-state index is 10.6. The quantitative estimate of drug-likeness (QED) is 0.691. The molecule has 0 aromatic heterocycles. The van der Waals surface area contributed by atoms with Crippen LogP contribution in [0.5, 0.6) is 11.5 Å².